The smallest absolute Gasteiger partial charge is 0.239 e. The Hall–Kier alpha value is -1.52. The van der Waals surface area contributed by atoms with Gasteiger partial charge in [-0.25, -0.2) is 0 Å². The van der Waals surface area contributed by atoms with Crippen molar-refractivity contribution in [3.05, 3.63) is 40.6 Å². The minimum Gasteiger partial charge on any atom is -0.436 e. The molecule has 2 rings (SSSR count). The molecule has 6 heteroatoms. The van der Waals surface area contributed by atoms with E-state index in [-0.39, 0.29) is 0 Å². The van der Waals surface area contributed by atoms with Crippen LogP contribution in [0, 0.1) is 0 Å². The first-order chi connectivity index (χ1) is 8.20. The molecule has 0 aliphatic carbocycles. The molecular formula is C11H9Cl2N3O. The third-order valence-corrected chi connectivity index (χ3v) is 2.80. The fourth-order valence-corrected chi connectivity index (χ4v) is 1.52. The van der Waals surface area contributed by atoms with Crippen LogP contribution in [0.5, 0.6) is 11.6 Å². The SMILES string of the molecule is CNc1cncc(Oc2cccc(Cl)c2Cl)n1. The van der Waals surface area contributed by atoms with E-state index in [4.69, 9.17) is 27.9 Å². The van der Waals surface area contributed by atoms with Crippen molar-refractivity contribution < 1.29 is 4.74 Å². The first kappa shape index (κ1) is 12.0. The van der Waals surface area contributed by atoms with Crippen LogP contribution < -0.4 is 10.1 Å². The highest BCUT2D eigenvalue weighted by Gasteiger charge is 2.07. The summed E-state index contributed by atoms with van der Waals surface area (Å²) in [4.78, 5) is 8.14. The Morgan fingerprint density at radius 1 is 1.24 bits per heavy atom. The number of nitrogens with one attached hydrogen (secondary N) is 1. The molecule has 0 saturated heterocycles. The lowest BCUT2D eigenvalue weighted by atomic mass is 10.3. The van der Waals surface area contributed by atoms with Crippen LogP contribution in [0.3, 0.4) is 0 Å². The second-order valence-corrected chi connectivity index (χ2v) is 3.93. The second kappa shape index (κ2) is 5.21. The van der Waals surface area contributed by atoms with Crippen LogP contribution in [-0.2, 0) is 0 Å². The molecule has 0 amide bonds. The molecule has 0 fully saturated rings. The van der Waals surface area contributed by atoms with Crippen LogP contribution in [0.1, 0.15) is 0 Å². The van der Waals surface area contributed by atoms with E-state index in [1.54, 1.807) is 31.4 Å². The summed E-state index contributed by atoms with van der Waals surface area (Å²) in [6.45, 7) is 0. The number of halogens is 2. The number of ether oxygens (including phenoxy) is 1. The van der Waals surface area contributed by atoms with Gasteiger partial charge in [-0.05, 0) is 12.1 Å². The number of benzene rings is 1. The summed E-state index contributed by atoms with van der Waals surface area (Å²) in [5.41, 5.74) is 0. The molecule has 0 aliphatic rings. The number of nitrogens with zero attached hydrogens (tertiary/aromatic N) is 2. The van der Waals surface area contributed by atoms with Gasteiger partial charge in [-0.1, -0.05) is 29.3 Å². The van der Waals surface area contributed by atoms with Crippen molar-refractivity contribution in [3.63, 3.8) is 0 Å². The Morgan fingerprint density at radius 3 is 2.82 bits per heavy atom. The maximum atomic E-state index is 6.00. The van der Waals surface area contributed by atoms with Crippen molar-refractivity contribution in [2.24, 2.45) is 0 Å². The minimum absolute atomic E-state index is 0.348. The Labute approximate surface area is 109 Å². The zero-order chi connectivity index (χ0) is 12.3. The van der Waals surface area contributed by atoms with Gasteiger partial charge < -0.3 is 10.1 Å². The lowest BCUT2D eigenvalue weighted by Gasteiger charge is -2.07. The summed E-state index contributed by atoms with van der Waals surface area (Å²) in [7, 11) is 1.75. The highest BCUT2D eigenvalue weighted by molar-refractivity contribution is 6.42. The number of hydrogen-bond acceptors (Lipinski definition) is 4. The molecule has 0 spiro atoms. The topological polar surface area (TPSA) is 47.0 Å². The first-order valence-corrected chi connectivity index (χ1v) is 5.58. The molecule has 1 aromatic heterocycles. The van der Waals surface area contributed by atoms with E-state index in [0.717, 1.165) is 0 Å². The Kier molecular flexibility index (Phi) is 3.66. The van der Waals surface area contributed by atoms with Gasteiger partial charge in [0.25, 0.3) is 0 Å². The van der Waals surface area contributed by atoms with Crippen molar-refractivity contribution in [2.75, 3.05) is 12.4 Å². The van der Waals surface area contributed by atoms with Gasteiger partial charge >= 0.3 is 0 Å². The third-order valence-electron chi connectivity index (χ3n) is 2.00. The normalized spacial score (nSPS) is 10.1. The third kappa shape index (κ3) is 2.78. The van der Waals surface area contributed by atoms with E-state index in [9.17, 15) is 0 Å². The van der Waals surface area contributed by atoms with Gasteiger partial charge in [-0.2, -0.15) is 4.98 Å². The highest BCUT2D eigenvalue weighted by Crippen LogP contribution is 2.33. The molecule has 0 radical (unpaired) electrons. The molecule has 1 N–H and O–H groups in total. The largest absolute Gasteiger partial charge is 0.436 e. The van der Waals surface area contributed by atoms with Crippen molar-refractivity contribution in [1.82, 2.24) is 9.97 Å². The maximum absolute atomic E-state index is 6.00. The monoisotopic (exact) mass is 269 g/mol. The van der Waals surface area contributed by atoms with Crippen LogP contribution in [0.4, 0.5) is 5.82 Å². The van der Waals surface area contributed by atoms with Gasteiger partial charge in [0, 0.05) is 7.05 Å². The summed E-state index contributed by atoms with van der Waals surface area (Å²) in [5, 5.41) is 3.65. The molecule has 0 unspecified atom stereocenters. The molecule has 88 valence electrons. The zero-order valence-electron chi connectivity index (χ0n) is 8.95. The van der Waals surface area contributed by atoms with E-state index in [1.165, 1.54) is 6.20 Å². The zero-order valence-corrected chi connectivity index (χ0v) is 10.5. The number of anilines is 1. The summed E-state index contributed by atoms with van der Waals surface area (Å²) in [5.74, 6) is 1.41. The lowest BCUT2D eigenvalue weighted by Crippen LogP contribution is -1.96. The molecule has 1 heterocycles. The summed E-state index contributed by atoms with van der Waals surface area (Å²) < 4.78 is 5.50. The van der Waals surface area contributed by atoms with Crippen LogP contribution in [-0.4, -0.2) is 17.0 Å². The predicted octanol–water partition coefficient (Wildman–Crippen LogP) is 3.62. The van der Waals surface area contributed by atoms with E-state index < -0.39 is 0 Å². The molecule has 0 atom stereocenters. The molecule has 1 aromatic carbocycles. The van der Waals surface area contributed by atoms with Gasteiger partial charge in [0.05, 0.1) is 17.4 Å². The molecular weight excluding hydrogens is 261 g/mol. The fourth-order valence-electron chi connectivity index (χ4n) is 1.19. The fraction of sp³-hybridized carbons (Fsp3) is 0.0909. The van der Waals surface area contributed by atoms with E-state index in [0.29, 0.717) is 27.5 Å². The van der Waals surface area contributed by atoms with E-state index in [1.807, 2.05) is 0 Å². The molecule has 4 nitrogen and oxygen atoms in total. The minimum atomic E-state index is 0.348. The Balaban J connectivity index is 2.28. The maximum Gasteiger partial charge on any atom is 0.239 e. The van der Waals surface area contributed by atoms with Gasteiger partial charge in [0.15, 0.2) is 0 Å². The van der Waals surface area contributed by atoms with Crippen LogP contribution in [0.2, 0.25) is 10.0 Å². The summed E-state index contributed by atoms with van der Waals surface area (Å²) >= 11 is 11.9. The Morgan fingerprint density at radius 2 is 2.06 bits per heavy atom. The van der Waals surface area contributed by atoms with Gasteiger partial charge in [-0.3, -0.25) is 4.98 Å². The molecule has 17 heavy (non-hydrogen) atoms. The summed E-state index contributed by atoms with van der Waals surface area (Å²) in [6.07, 6.45) is 3.09. The summed E-state index contributed by atoms with van der Waals surface area (Å²) in [6, 6.07) is 5.15. The number of aromatic nitrogens is 2. The van der Waals surface area contributed by atoms with Crippen molar-refractivity contribution in [3.8, 4) is 11.6 Å². The van der Waals surface area contributed by atoms with E-state index >= 15 is 0 Å². The number of hydrogen-bond donors (Lipinski definition) is 1. The van der Waals surface area contributed by atoms with Crippen LogP contribution in [0.15, 0.2) is 30.6 Å². The van der Waals surface area contributed by atoms with Crippen LogP contribution >= 0.6 is 23.2 Å². The van der Waals surface area contributed by atoms with Crippen molar-refractivity contribution >= 4 is 29.0 Å². The number of rotatable bonds is 3. The Bertz CT molecular complexity index is 534. The average molecular weight is 270 g/mol. The van der Waals surface area contributed by atoms with Crippen molar-refractivity contribution in [2.45, 2.75) is 0 Å². The van der Waals surface area contributed by atoms with Crippen LogP contribution in [0.25, 0.3) is 0 Å². The van der Waals surface area contributed by atoms with Gasteiger partial charge in [-0.15, -0.1) is 0 Å². The lowest BCUT2D eigenvalue weighted by molar-refractivity contribution is 0.461. The van der Waals surface area contributed by atoms with E-state index in [2.05, 4.69) is 15.3 Å². The first-order valence-electron chi connectivity index (χ1n) is 4.82. The van der Waals surface area contributed by atoms with Gasteiger partial charge in [0.1, 0.15) is 16.6 Å². The molecule has 0 aliphatic heterocycles. The quantitative estimate of drug-likeness (QED) is 0.925. The van der Waals surface area contributed by atoms with Crippen molar-refractivity contribution in [1.29, 1.82) is 0 Å². The average Bonchev–Trinajstić information content (AvgIpc) is 2.35. The molecule has 0 saturated carbocycles. The second-order valence-electron chi connectivity index (χ2n) is 3.15. The molecule has 0 bridgehead atoms. The standard InChI is InChI=1S/C11H9Cl2N3O/c1-14-9-5-15-6-10(16-9)17-8-4-2-3-7(12)11(8)13/h2-6H,1H3,(H,14,16). The van der Waals surface area contributed by atoms with Gasteiger partial charge in [0.2, 0.25) is 5.88 Å². The highest BCUT2D eigenvalue weighted by atomic mass is 35.5. The molecule has 2 aromatic rings. The predicted molar refractivity (Wildman–Crippen MR) is 68.1 cm³/mol.